The minimum Gasteiger partial charge on any atom is -0.454 e. The Labute approximate surface area is 149 Å². The lowest BCUT2D eigenvalue weighted by molar-refractivity contribution is -0.116. The number of anilines is 2. The fourth-order valence-corrected chi connectivity index (χ4v) is 2.99. The zero-order chi connectivity index (χ0) is 18.1. The number of carbonyl (C=O) groups is 2. The van der Waals surface area contributed by atoms with Gasteiger partial charge in [-0.15, -0.1) is 0 Å². The number of rotatable bonds is 4. The highest BCUT2D eigenvalue weighted by molar-refractivity contribution is 6.01. The fourth-order valence-electron chi connectivity index (χ4n) is 2.99. The van der Waals surface area contributed by atoms with Crippen molar-refractivity contribution in [3.63, 3.8) is 0 Å². The Morgan fingerprint density at radius 1 is 1.08 bits per heavy atom. The molecule has 1 aliphatic heterocycles. The number of hydrogen-bond acceptors (Lipinski definition) is 4. The van der Waals surface area contributed by atoms with E-state index in [-0.39, 0.29) is 25.2 Å². The van der Waals surface area contributed by atoms with E-state index in [9.17, 15) is 9.59 Å². The van der Waals surface area contributed by atoms with Crippen LogP contribution in [0.1, 0.15) is 6.92 Å². The van der Waals surface area contributed by atoms with Crippen molar-refractivity contribution < 1.29 is 19.1 Å². The third-order valence-corrected chi connectivity index (χ3v) is 4.09. The minimum atomic E-state index is -0.161. The van der Waals surface area contributed by atoms with E-state index in [0.29, 0.717) is 17.2 Å². The standard InChI is InChI=1S/C19H17N3O4/c1-12(23)20-15-3-2-4-16-14(15)7-8-22(16)10-19(24)21-13-5-6-17-18(9-13)26-11-25-17/h2-9H,10-11H2,1H3,(H,20,23)(H,21,24). The minimum absolute atomic E-state index is 0.134. The lowest BCUT2D eigenvalue weighted by Gasteiger charge is -2.09. The van der Waals surface area contributed by atoms with Crippen molar-refractivity contribution in [2.24, 2.45) is 0 Å². The van der Waals surface area contributed by atoms with Gasteiger partial charge in [0.15, 0.2) is 11.5 Å². The molecule has 2 aromatic carbocycles. The maximum absolute atomic E-state index is 12.4. The second kappa shape index (κ2) is 6.44. The molecule has 0 saturated carbocycles. The third-order valence-electron chi connectivity index (χ3n) is 4.09. The van der Waals surface area contributed by atoms with Gasteiger partial charge in [-0.2, -0.15) is 0 Å². The fraction of sp³-hybridized carbons (Fsp3) is 0.158. The summed E-state index contributed by atoms with van der Waals surface area (Å²) >= 11 is 0. The van der Waals surface area contributed by atoms with Gasteiger partial charge in [-0.25, -0.2) is 0 Å². The van der Waals surface area contributed by atoms with Gasteiger partial charge >= 0.3 is 0 Å². The van der Waals surface area contributed by atoms with Crippen LogP contribution in [0.3, 0.4) is 0 Å². The number of aromatic nitrogens is 1. The molecule has 0 spiro atoms. The zero-order valence-corrected chi connectivity index (χ0v) is 14.1. The molecule has 1 aliphatic rings. The molecule has 0 fully saturated rings. The molecule has 7 nitrogen and oxygen atoms in total. The first-order valence-corrected chi connectivity index (χ1v) is 8.15. The van der Waals surface area contributed by atoms with Crippen LogP contribution in [-0.4, -0.2) is 23.2 Å². The van der Waals surface area contributed by atoms with Gasteiger partial charge in [0.05, 0.1) is 11.2 Å². The van der Waals surface area contributed by atoms with Crippen LogP contribution < -0.4 is 20.1 Å². The second-order valence-corrected chi connectivity index (χ2v) is 5.98. The normalized spacial score (nSPS) is 12.2. The van der Waals surface area contributed by atoms with E-state index < -0.39 is 0 Å². The van der Waals surface area contributed by atoms with E-state index in [0.717, 1.165) is 16.6 Å². The number of hydrogen-bond donors (Lipinski definition) is 2. The van der Waals surface area contributed by atoms with Gasteiger partial charge in [-0.1, -0.05) is 6.07 Å². The Bertz CT molecular complexity index is 1010. The molecule has 1 aromatic heterocycles. The van der Waals surface area contributed by atoms with E-state index in [1.54, 1.807) is 18.2 Å². The molecule has 0 saturated heterocycles. The van der Waals surface area contributed by atoms with E-state index in [2.05, 4.69) is 10.6 Å². The first kappa shape index (κ1) is 16.0. The van der Waals surface area contributed by atoms with Crippen molar-refractivity contribution in [3.8, 4) is 11.5 Å². The molecule has 0 aliphatic carbocycles. The number of nitrogens with zero attached hydrogens (tertiary/aromatic N) is 1. The van der Waals surface area contributed by atoms with Crippen LogP contribution >= 0.6 is 0 Å². The van der Waals surface area contributed by atoms with Crippen molar-refractivity contribution in [1.29, 1.82) is 0 Å². The first-order valence-electron chi connectivity index (χ1n) is 8.15. The highest BCUT2D eigenvalue weighted by Gasteiger charge is 2.15. The van der Waals surface area contributed by atoms with Crippen molar-refractivity contribution in [2.45, 2.75) is 13.5 Å². The van der Waals surface area contributed by atoms with E-state index in [1.165, 1.54) is 6.92 Å². The number of nitrogens with one attached hydrogen (secondary N) is 2. The molecule has 0 bridgehead atoms. The Kier molecular flexibility index (Phi) is 3.96. The third kappa shape index (κ3) is 3.06. The van der Waals surface area contributed by atoms with Gasteiger partial charge in [0.2, 0.25) is 18.6 Å². The van der Waals surface area contributed by atoms with Gasteiger partial charge in [0.1, 0.15) is 6.54 Å². The monoisotopic (exact) mass is 351 g/mol. The Morgan fingerprint density at radius 2 is 1.92 bits per heavy atom. The van der Waals surface area contributed by atoms with E-state index in [1.807, 2.05) is 35.0 Å². The molecule has 0 radical (unpaired) electrons. The van der Waals surface area contributed by atoms with Crippen LogP contribution in [-0.2, 0) is 16.1 Å². The summed E-state index contributed by atoms with van der Waals surface area (Å²) in [4.78, 5) is 23.7. The number of fused-ring (bicyclic) bond motifs is 2. The molecule has 7 heteroatoms. The number of carbonyl (C=O) groups excluding carboxylic acids is 2. The van der Waals surface area contributed by atoms with Crippen molar-refractivity contribution in [3.05, 3.63) is 48.7 Å². The molecule has 2 heterocycles. The molecule has 2 amide bonds. The molecule has 2 N–H and O–H groups in total. The van der Waals surface area contributed by atoms with Gasteiger partial charge in [-0.3, -0.25) is 9.59 Å². The highest BCUT2D eigenvalue weighted by atomic mass is 16.7. The van der Waals surface area contributed by atoms with Gasteiger partial charge < -0.3 is 24.7 Å². The maximum atomic E-state index is 12.4. The molecule has 132 valence electrons. The topological polar surface area (TPSA) is 81.6 Å². The quantitative estimate of drug-likeness (QED) is 0.757. The van der Waals surface area contributed by atoms with E-state index >= 15 is 0 Å². The molecule has 0 unspecified atom stereocenters. The van der Waals surface area contributed by atoms with Crippen molar-refractivity contribution in [1.82, 2.24) is 4.57 Å². The van der Waals surface area contributed by atoms with Crippen LogP contribution in [0.4, 0.5) is 11.4 Å². The lowest BCUT2D eigenvalue weighted by atomic mass is 10.2. The predicted molar refractivity (Wildman–Crippen MR) is 97.4 cm³/mol. The second-order valence-electron chi connectivity index (χ2n) is 5.98. The molecule has 4 rings (SSSR count). The number of ether oxygens (including phenoxy) is 2. The summed E-state index contributed by atoms with van der Waals surface area (Å²) in [5.41, 5.74) is 2.25. The summed E-state index contributed by atoms with van der Waals surface area (Å²) < 4.78 is 12.4. The molecule has 0 atom stereocenters. The molecule has 26 heavy (non-hydrogen) atoms. The SMILES string of the molecule is CC(=O)Nc1cccc2c1ccn2CC(=O)Nc1ccc2c(c1)OCO2. The van der Waals surface area contributed by atoms with Crippen LogP contribution in [0.15, 0.2) is 48.7 Å². The van der Waals surface area contributed by atoms with Crippen LogP contribution in [0, 0.1) is 0 Å². The first-order chi connectivity index (χ1) is 12.6. The molecular weight excluding hydrogens is 334 g/mol. The maximum Gasteiger partial charge on any atom is 0.244 e. The Hall–Kier alpha value is -3.48. The Morgan fingerprint density at radius 3 is 2.77 bits per heavy atom. The smallest absolute Gasteiger partial charge is 0.244 e. The van der Waals surface area contributed by atoms with Gasteiger partial charge in [-0.05, 0) is 30.3 Å². The number of benzene rings is 2. The highest BCUT2D eigenvalue weighted by Crippen LogP contribution is 2.34. The van der Waals surface area contributed by atoms with Crippen LogP contribution in [0.5, 0.6) is 11.5 Å². The van der Waals surface area contributed by atoms with Crippen LogP contribution in [0.25, 0.3) is 10.9 Å². The Balaban J connectivity index is 1.52. The summed E-state index contributed by atoms with van der Waals surface area (Å²) in [7, 11) is 0. The molecular formula is C19H17N3O4. The van der Waals surface area contributed by atoms with Crippen molar-refractivity contribution in [2.75, 3.05) is 17.4 Å². The molecule has 3 aromatic rings. The average Bonchev–Trinajstić information content (AvgIpc) is 3.22. The van der Waals surface area contributed by atoms with Crippen molar-refractivity contribution >= 4 is 34.1 Å². The average molecular weight is 351 g/mol. The summed E-state index contributed by atoms with van der Waals surface area (Å²) in [6.07, 6.45) is 1.83. The summed E-state index contributed by atoms with van der Waals surface area (Å²) in [6, 6.07) is 12.8. The summed E-state index contributed by atoms with van der Waals surface area (Å²) in [5.74, 6) is 0.996. The van der Waals surface area contributed by atoms with Crippen LogP contribution in [0.2, 0.25) is 0 Å². The van der Waals surface area contributed by atoms with Gasteiger partial charge in [0, 0.05) is 30.3 Å². The largest absolute Gasteiger partial charge is 0.454 e. The van der Waals surface area contributed by atoms with Gasteiger partial charge in [0.25, 0.3) is 0 Å². The summed E-state index contributed by atoms with van der Waals surface area (Å²) in [6.45, 7) is 1.81. The zero-order valence-electron chi connectivity index (χ0n) is 14.1. The summed E-state index contributed by atoms with van der Waals surface area (Å²) in [5, 5.41) is 6.54. The lowest BCUT2D eigenvalue weighted by Crippen LogP contribution is -2.18. The predicted octanol–water partition coefficient (Wildman–Crippen LogP) is 2.97. The number of amides is 2. The van der Waals surface area contributed by atoms with E-state index in [4.69, 9.17) is 9.47 Å².